The molecule has 1 N–H and O–H groups in total. The first-order chi connectivity index (χ1) is 6.09. The van der Waals surface area contributed by atoms with Gasteiger partial charge in [0.2, 0.25) is 5.91 Å². The molecule has 0 aromatic heterocycles. The zero-order chi connectivity index (χ0) is 9.84. The van der Waals surface area contributed by atoms with E-state index in [-0.39, 0.29) is 31.2 Å². The monoisotopic (exact) mass is 183 g/mol. The van der Waals surface area contributed by atoms with E-state index in [4.69, 9.17) is 5.11 Å². The summed E-state index contributed by atoms with van der Waals surface area (Å²) in [7, 11) is 0. The molecule has 5 nitrogen and oxygen atoms in total. The first kappa shape index (κ1) is 9.44. The van der Waals surface area contributed by atoms with Gasteiger partial charge in [-0.1, -0.05) is 0 Å². The summed E-state index contributed by atoms with van der Waals surface area (Å²) in [5, 5.41) is 8.36. The van der Waals surface area contributed by atoms with E-state index < -0.39 is 5.97 Å². The maximum absolute atomic E-state index is 11.0. The minimum absolute atomic E-state index is 0.0113. The highest BCUT2D eigenvalue weighted by Crippen LogP contribution is 2.01. The maximum Gasteiger partial charge on any atom is 0.305 e. The lowest BCUT2D eigenvalue weighted by Gasteiger charge is -2.21. The Bertz CT molecular complexity index is 282. The van der Waals surface area contributed by atoms with E-state index in [0.29, 0.717) is 0 Å². The van der Waals surface area contributed by atoms with Gasteiger partial charge in [-0.3, -0.25) is 14.4 Å². The van der Waals surface area contributed by atoms with E-state index in [2.05, 4.69) is 0 Å². The van der Waals surface area contributed by atoms with E-state index in [1.54, 1.807) is 0 Å². The van der Waals surface area contributed by atoms with Crippen molar-refractivity contribution in [2.75, 3.05) is 13.1 Å². The molecular weight excluding hydrogens is 174 g/mol. The number of ketones is 1. The smallest absolute Gasteiger partial charge is 0.305 e. The number of hydrogen-bond donors (Lipinski definition) is 1. The Labute approximate surface area is 74.6 Å². The molecule has 0 atom stereocenters. The number of rotatable bonds is 3. The van der Waals surface area contributed by atoms with Crippen LogP contribution < -0.4 is 0 Å². The fraction of sp³-hybridized carbons (Fsp3) is 0.375. The Morgan fingerprint density at radius 3 is 2.77 bits per heavy atom. The van der Waals surface area contributed by atoms with Gasteiger partial charge in [-0.25, -0.2) is 0 Å². The zero-order valence-electron chi connectivity index (χ0n) is 6.90. The van der Waals surface area contributed by atoms with Crippen molar-refractivity contribution >= 4 is 17.7 Å². The standard InChI is InChI=1S/C8H9NO4/c10-6-1-2-7(11)9(5-6)4-3-8(12)13/h1-2H,3-5H2,(H,12,13). The summed E-state index contributed by atoms with van der Waals surface area (Å²) < 4.78 is 0. The second kappa shape index (κ2) is 3.84. The summed E-state index contributed by atoms with van der Waals surface area (Å²) in [4.78, 5) is 33.3. The predicted molar refractivity (Wildman–Crippen MR) is 43.0 cm³/mol. The highest BCUT2D eigenvalue weighted by molar-refractivity contribution is 6.04. The van der Waals surface area contributed by atoms with Crippen molar-refractivity contribution in [2.45, 2.75) is 6.42 Å². The van der Waals surface area contributed by atoms with E-state index >= 15 is 0 Å². The average Bonchev–Trinajstić information content (AvgIpc) is 2.06. The van der Waals surface area contributed by atoms with Crippen LogP contribution in [0.4, 0.5) is 0 Å². The van der Waals surface area contributed by atoms with Gasteiger partial charge in [0.05, 0.1) is 13.0 Å². The summed E-state index contributed by atoms with van der Waals surface area (Å²) in [6.45, 7) is 0.0762. The van der Waals surface area contributed by atoms with Gasteiger partial charge >= 0.3 is 5.97 Å². The van der Waals surface area contributed by atoms with Gasteiger partial charge in [-0.05, 0) is 6.08 Å². The molecule has 1 aliphatic rings. The lowest BCUT2D eigenvalue weighted by atomic mass is 10.2. The molecule has 0 fully saturated rings. The lowest BCUT2D eigenvalue weighted by Crippen LogP contribution is -2.38. The normalized spacial score (nSPS) is 16.5. The summed E-state index contributed by atoms with van der Waals surface area (Å²) >= 11 is 0. The van der Waals surface area contributed by atoms with Crippen molar-refractivity contribution in [2.24, 2.45) is 0 Å². The largest absolute Gasteiger partial charge is 0.481 e. The predicted octanol–water partition coefficient (Wildman–Crippen LogP) is -0.571. The van der Waals surface area contributed by atoms with Crippen LogP contribution in [0.15, 0.2) is 12.2 Å². The Morgan fingerprint density at radius 1 is 1.46 bits per heavy atom. The van der Waals surface area contributed by atoms with Gasteiger partial charge in [-0.2, -0.15) is 0 Å². The molecule has 70 valence electrons. The molecule has 0 spiro atoms. The summed E-state index contributed by atoms with van der Waals surface area (Å²) in [6.07, 6.45) is 2.24. The number of carboxylic acids is 1. The third-order valence-electron chi connectivity index (χ3n) is 1.67. The van der Waals surface area contributed by atoms with E-state index in [0.717, 1.165) is 6.08 Å². The van der Waals surface area contributed by atoms with Crippen molar-refractivity contribution in [3.05, 3.63) is 12.2 Å². The minimum atomic E-state index is -0.977. The summed E-state index contributed by atoms with van der Waals surface area (Å²) in [6, 6.07) is 0. The minimum Gasteiger partial charge on any atom is -0.481 e. The van der Waals surface area contributed by atoms with Crippen LogP contribution >= 0.6 is 0 Å². The molecule has 13 heavy (non-hydrogen) atoms. The third-order valence-corrected chi connectivity index (χ3v) is 1.67. The topological polar surface area (TPSA) is 74.7 Å². The fourth-order valence-corrected chi connectivity index (χ4v) is 1.01. The van der Waals surface area contributed by atoms with Gasteiger partial charge in [0, 0.05) is 12.6 Å². The Hall–Kier alpha value is -1.65. The fourth-order valence-electron chi connectivity index (χ4n) is 1.01. The molecule has 0 saturated carbocycles. The molecule has 5 heteroatoms. The van der Waals surface area contributed by atoms with Crippen LogP contribution in [0.3, 0.4) is 0 Å². The number of carbonyl (C=O) groups is 3. The van der Waals surface area contributed by atoms with Crippen molar-refractivity contribution in [3.63, 3.8) is 0 Å². The Morgan fingerprint density at radius 2 is 2.15 bits per heavy atom. The molecule has 0 unspecified atom stereocenters. The van der Waals surface area contributed by atoms with Crippen molar-refractivity contribution < 1.29 is 19.5 Å². The second-order valence-electron chi connectivity index (χ2n) is 2.70. The highest BCUT2D eigenvalue weighted by Gasteiger charge is 2.18. The number of aliphatic carboxylic acids is 1. The molecule has 1 rings (SSSR count). The van der Waals surface area contributed by atoms with Gasteiger partial charge in [0.25, 0.3) is 0 Å². The molecule has 1 heterocycles. The first-order valence-electron chi connectivity index (χ1n) is 3.81. The van der Waals surface area contributed by atoms with E-state index in [9.17, 15) is 14.4 Å². The summed E-state index contributed by atoms with van der Waals surface area (Å²) in [5.41, 5.74) is 0. The number of amides is 1. The third kappa shape index (κ3) is 2.70. The van der Waals surface area contributed by atoms with Crippen LogP contribution in [0.25, 0.3) is 0 Å². The van der Waals surface area contributed by atoms with Crippen LogP contribution in [0, 0.1) is 0 Å². The average molecular weight is 183 g/mol. The van der Waals surface area contributed by atoms with Gasteiger partial charge in [0.15, 0.2) is 5.78 Å². The number of carbonyl (C=O) groups excluding carboxylic acids is 2. The molecular formula is C8H9NO4. The van der Waals surface area contributed by atoms with Gasteiger partial charge < -0.3 is 10.0 Å². The van der Waals surface area contributed by atoms with Crippen molar-refractivity contribution in [1.82, 2.24) is 4.90 Å². The molecule has 1 aliphatic heterocycles. The van der Waals surface area contributed by atoms with Crippen LogP contribution in [-0.2, 0) is 14.4 Å². The van der Waals surface area contributed by atoms with Crippen molar-refractivity contribution in [3.8, 4) is 0 Å². The highest BCUT2D eigenvalue weighted by atomic mass is 16.4. The van der Waals surface area contributed by atoms with Crippen LogP contribution in [0.1, 0.15) is 6.42 Å². The van der Waals surface area contributed by atoms with Gasteiger partial charge in [-0.15, -0.1) is 0 Å². The molecule has 0 radical (unpaired) electrons. The molecule has 0 bridgehead atoms. The lowest BCUT2D eigenvalue weighted by molar-refractivity contribution is -0.139. The first-order valence-corrected chi connectivity index (χ1v) is 3.81. The Kier molecular flexibility index (Phi) is 2.79. The quantitative estimate of drug-likeness (QED) is 0.635. The molecule has 0 aromatic carbocycles. The SMILES string of the molecule is O=C(O)CCN1CC(=O)C=CC1=O. The number of nitrogens with zero attached hydrogens (tertiary/aromatic N) is 1. The van der Waals surface area contributed by atoms with Crippen LogP contribution in [0.2, 0.25) is 0 Å². The Balaban J connectivity index is 2.50. The second-order valence-corrected chi connectivity index (χ2v) is 2.70. The van der Waals surface area contributed by atoms with Crippen LogP contribution in [-0.4, -0.2) is 40.8 Å². The maximum atomic E-state index is 11.0. The zero-order valence-corrected chi connectivity index (χ0v) is 6.90. The molecule has 1 amide bonds. The van der Waals surface area contributed by atoms with E-state index in [1.165, 1.54) is 11.0 Å². The molecule has 0 aromatic rings. The molecule has 0 saturated heterocycles. The molecule has 0 aliphatic carbocycles. The number of carboxylic acid groups (broad SMARTS) is 1. The van der Waals surface area contributed by atoms with Crippen LogP contribution in [0.5, 0.6) is 0 Å². The summed E-state index contributed by atoms with van der Waals surface area (Å²) in [5.74, 6) is -1.46. The van der Waals surface area contributed by atoms with E-state index in [1.807, 2.05) is 0 Å². The van der Waals surface area contributed by atoms with Gasteiger partial charge in [0.1, 0.15) is 0 Å². The number of hydrogen-bond acceptors (Lipinski definition) is 3. The van der Waals surface area contributed by atoms with Crippen molar-refractivity contribution in [1.29, 1.82) is 0 Å².